The average Bonchev–Trinajstić information content (AvgIpc) is 3.46. The predicted molar refractivity (Wildman–Crippen MR) is 136 cm³/mol. The summed E-state index contributed by atoms with van der Waals surface area (Å²) >= 11 is 12.6. The molecule has 1 saturated heterocycles. The number of piperidine rings is 1. The summed E-state index contributed by atoms with van der Waals surface area (Å²) < 4.78 is 8.30. The minimum atomic E-state index is -0.338. The number of pyridine rings is 1. The molecule has 5 rings (SSSR count). The monoisotopic (exact) mass is 498 g/mol. The molecule has 1 unspecified atom stereocenters. The summed E-state index contributed by atoms with van der Waals surface area (Å²) in [6.45, 7) is 8.64. The van der Waals surface area contributed by atoms with Crippen molar-refractivity contribution < 1.29 is 4.74 Å². The van der Waals surface area contributed by atoms with Crippen molar-refractivity contribution in [2.24, 2.45) is 0 Å². The highest BCUT2D eigenvalue weighted by Gasteiger charge is 2.23. The Balaban J connectivity index is 1.37. The number of fused-ring (bicyclic) bond motifs is 1. The lowest BCUT2D eigenvalue weighted by molar-refractivity contribution is 0.147. The molecule has 0 spiro atoms. The number of ether oxygens (including phenoxy) is 1. The molecule has 4 aromatic rings. The van der Waals surface area contributed by atoms with Gasteiger partial charge in [0.25, 0.3) is 0 Å². The number of halogens is 2. The Labute approximate surface area is 209 Å². The Hall–Kier alpha value is -2.61. The maximum Gasteiger partial charge on any atom is 0.124 e. The Morgan fingerprint density at radius 2 is 1.79 bits per heavy atom. The number of hydrogen-bond donors (Lipinski definition) is 1. The molecule has 3 aromatic heterocycles. The number of nitrogens with zero attached hydrogens (tertiary/aromatic N) is 5. The third kappa shape index (κ3) is 4.52. The second kappa shape index (κ2) is 9.56. The molecule has 178 valence electrons. The van der Waals surface area contributed by atoms with E-state index in [9.17, 15) is 0 Å². The summed E-state index contributed by atoms with van der Waals surface area (Å²) in [7, 11) is 0. The molecule has 1 fully saturated rings. The van der Waals surface area contributed by atoms with Crippen LogP contribution in [0.4, 0.5) is 0 Å². The highest BCUT2D eigenvalue weighted by molar-refractivity contribution is 6.35. The number of nitrogens with one attached hydrogen (secondary N) is 1. The van der Waals surface area contributed by atoms with Gasteiger partial charge in [0.05, 0.1) is 27.8 Å². The van der Waals surface area contributed by atoms with E-state index < -0.39 is 0 Å². The molecular weight excluding hydrogens is 471 g/mol. The minimum Gasteiger partial charge on any atom is -0.486 e. The van der Waals surface area contributed by atoms with Crippen molar-refractivity contribution in [3.05, 3.63) is 58.6 Å². The zero-order valence-electron chi connectivity index (χ0n) is 19.5. The summed E-state index contributed by atoms with van der Waals surface area (Å²) in [5.41, 5.74) is 3.51. The number of aromatic amines is 1. The van der Waals surface area contributed by atoms with Crippen LogP contribution >= 0.6 is 23.2 Å². The Morgan fingerprint density at radius 1 is 1.06 bits per heavy atom. The van der Waals surface area contributed by atoms with Crippen molar-refractivity contribution >= 4 is 34.1 Å². The van der Waals surface area contributed by atoms with Gasteiger partial charge in [-0.25, -0.2) is 0 Å². The van der Waals surface area contributed by atoms with Crippen molar-refractivity contribution in [2.75, 3.05) is 13.1 Å². The molecule has 9 heteroatoms. The first-order valence-electron chi connectivity index (χ1n) is 11.6. The van der Waals surface area contributed by atoms with Gasteiger partial charge in [0.2, 0.25) is 0 Å². The van der Waals surface area contributed by atoms with Crippen LogP contribution in [0.3, 0.4) is 0 Å². The highest BCUT2D eigenvalue weighted by atomic mass is 35.5. The van der Waals surface area contributed by atoms with Crippen molar-refractivity contribution in [3.63, 3.8) is 0 Å². The van der Waals surface area contributed by atoms with Gasteiger partial charge in [0, 0.05) is 54.2 Å². The van der Waals surface area contributed by atoms with Crippen LogP contribution in [0.15, 0.2) is 43.0 Å². The average molecular weight is 499 g/mol. The van der Waals surface area contributed by atoms with Gasteiger partial charge in [-0.2, -0.15) is 10.2 Å². The van der Waals surface area contributed by atoms with E-state index in [2.05, 4.69) is 49.9 Å². The van der Waals surface area contributed by atoms with E-state index in [1.165, 1.54) is 0 Å². The second-order valence-electron chi connectivity index (χ2n) is 9.13. The van der Waals surface area contributed by atoms with Gasteiger partial charge in [-0.3, -0.25) is 14.8 Å². The summed E-state index contributed by atoms with van der Waals surface area (Å²) in [4.78, 5) is 6.54. The van der Waals surface area contributed by atoms with Crippen LogP contribution in [0.5, 0.6) is 5.75 Å². The molecule has 4 heterocycles. The van der Waals surface area contributed by atoms with Crippen molar-refractivity contribution in [2.45, 2.75) is 51.8 Å². The molecule has 1 aromatic carbocycles. The minimum absolute atomic E-state index is 0.338. The molecule has 1 atom stereocenters. The SMILES string of the molecule is CC(Oc1ccc2[nH]nc(-c3cnn(C4CCN(C(C)C)CC4)c3)c2c1)c1c(Cl)cncc1Cl. The number of hydrogen-bond acceptors (Lipinski definition) is 5. The fourth-order valence-electron chi connectivity index (χ4n) is 4.69. The van der Waals surface area contributed by atoms with Crippen LogP contribution in [0.2, 0.25) is 10.0 Å². The molecule has 0 amide bonds. The smallest absolute Gasteiger partial charge is 0.124 e. The maximum atomic E-state index is 6.31. The zero-order valence-corrected chi connectivity index (χ0v) is 21.0. The first-order valence-corrected chi connectivity index (χ1v) is 12.4. The zero-order chi connectivity index (χ0) is 23.8. The third-order valence-corrected chi connectivity index (χ3v) is 7.22. The van der Waals surface area contributed by atoms with E-state index in [-0.39, 0.29) is 6.10 Å². The Morgan fingerprint density at radius 3 is 2.50 bits per heavy atom. The van der Waals surface area contributed by atoms with E-state index in [1.54, 1.807) is 12.4 Å². The molecule has 0 saturated carbocycles. The molecule has 0 aliphatic carbocycles. The number of rotatable bonds is 6. The summed E-state index contributed by atoms with van der Waals surface area (Å²) in [5, 5.41) is 14.3. The van der Waals surface area contributed by atoms with Crippen LogP contribution in [-0.2, 0) is 0 Å². The van der Waals surface area contributed by atoms with E-state index in [1.807, 2.05) is 31.3 Å². The van der Waals surface area contributed by atoms with Crippen molar-refractivity contribution in [3.8, 4) is 17.0 Å². The summed E-state index contributed by atoms with van der Waals surface area (Å²) in [5.74, 6) is 0.708. The molecule has 0 radical (unpaired) electrons. The van der Waals surface area contributed by atoms with Crippen LogP contribution in [-0.4, -0.2) is 49.0 Å². The van der Waals surface area contributed by atoms with Crippen LogP contribution < -0.4 is 4.74 Å². The Kier molecular flexibility index (Phi) is 6.51. The van der Waals surface area contributed by atoms with Crippen LogP contribution in [0, 0.1) is 0 Å². The molecule has 1 aliphatic heterocycles. The first kappa shape index (κ1) is 23.1. The van der Waals surface area contributed by atoms with E-state index >= 15 is 0 Å². The van der Waals surface area contributed by atoms with Gasteiger partial charge in [-0.15, -0.1) is 0 Å². The van der Waals surface area contributed by atoms with Crippen LogP contribution in [0.25, 0.3) is 22.2 Å². The van der Waals surface area contributed by atoms with Gasteiger partial charge in [-0.1, -0.05) is 23.2 Å². The lowest BCUT2D eigenvalue weighted by Gasteiger charge is -2.34. The number of benzene rings is 1. The predicted octanol–water partition coefficient (Wildman–Crippen LogP) is 6.31. The second-order valence-corrected chi connectivity index (χ2v) is 9.94. The molecule has 0 bridgehead atoms. The van der Waals surface area contributed by atoms with Gasteiger partial charge < -0.3 is 9.64 Å². The summed E-state index contributed by atoms with van der Waals surface area (Å²) in [6.07, 6.45) is 9.03. The standard InChI is InChI=1S/C25H28Cl2N6O/c1-15(2)32-8-6-18(7-9-32)33-14-17(11-29-33)25-20-10-19(4-5-23(20)30-31-25)34-16(3)24-21(26)12-28-13-22(24)27/h4-5,10-16,18H,6-9H2,1-3H3,(H,30,31). The number of H-pyrrole nitrogens is 1. The van der Waals surface area contributed by atoms with Gasteiger partial charge in [0.1, 0.15) is 17.5 Å². The normalized spacial score (nSPS) is 16.4. The lowest BCUT2D eigenvalue weighted by Crippen LogP contribution is -2.39. The van der Waals surface area contributed by atoms with Crippen LogP contribution in [0.1, 0.15) is 51.3 Å². The van der Waals surface area contributed by atoms with Gasteiger partial charge in [-0.05, 0) is 51.8 Å². The molecule has 1 N–H and O–H groups in total. The topological polar surface area (TPSA) is 71.9 Å². The van der Waals surface area contributed by atoms with E-state index in [4.69, 9.17) is 27.9 Å². The largest absolute Gasteiger partial charge is 0.486 e. The van der Waals surface area contributed by atoms with E-state index in [0.717, 1.165) is 53.7 Å². The number of likely N-dealkylation sites (tertiary alicyclic amines) is 1. The quantitative estimate of drug-likeness (QED) is 0.337. The van der Waals surface area contributed by atoms with E-state index in [0.29, 0.717) is 27.9 Å². The van der Waals surface area contributed by atoms with Gasteiger partial charge >= 0.3 is 0 Å². The maximum absolute atomic E-state index is 6.31. The molecule has 7 nitrogen and oxygen atoms in total. The van der Waals surface area contributed by atoms with Crippen molar-refractivity contribution in [1.82, 2.24) is 29.9 Å². The third-order valence-electron chi connectivity index (χ3n) is 6.62. The Bertz CT molecular complexity index is 1270. The van der Waals surface area contributed by atoms with Gasteiger partial charge in [0.15, 0.2) is 0 Å². The first-order chi connectivity index (χ1) is 16.4. The number of aromatic nitrogens is 5. The summed E-state index contributed by atoms with van der Waals surface area (Å²) in [6, 6.07) is 6.88. The van der Waals surface area contributed by atoms with Crippen molar-refractivity contribution in [1.29, 1.82) is 0 Å². The highest BCUT2D eigenvalue weighted by Crippen LogP contribution is 2.35. The fraction of sp³-hybridized carbons (Fsp3) is 0.400. The molecule has 34 heavy (non-hydrogen) atoms. The fourth-order valence-corrected chi connectivity index (χ4v) is 5.36. The molecule has 1 aliphatic rings. The molecular formula is C25H28Cl2N6O. The lowest BCUT2D eigenvalue weighted by atomic mass is 10.0.